The van der Waals surface area contributed by atoms with Crippen molar-refractivity contribution in [3.8, 4) is 0 Å². The highest BCUT2D eigenvalue weighted by molar-refractivity contribution is 5.76. The average Bonchev–Trinajstić information content (AvgIpc) is 2.42. The second-order valence-corrected chi connectivity index (χ2v) is 4.87. The number of hydrogen-bond donors (Lipinski definition) is 2. The fourth-order valence-corrected chi connectivity index (χ4v) is 2.08. The first-order valence-corrected chi connectivity index (χ1v) is 7.03. The summed E-state index contributed by atoms with van der Waals surface area (Å²) in [7, 11) is 0. The predicted octanol–water partition coefficient (Wildman–Crippen LogP) is 0.200. The van der Waals surface area contributed by atoms with E-state index in [0.29, 0.717) is 18.9 Å². The first-order chi connectivity index (χ1) is 8.76. The van der Waals surface area contributed by atoms with Gasteiger partial charge in [-0.1, -0.05) is 13.3 Å². The summed E-state index contributed by atoms with van der Waals surface area (Å²) in [5.41, 5.74) is 5.59. The van der Waals surface area contributed by atoms with Crippen molar-refractivity contribution in [1.82, 2.24) is 10.2 Å². The molecule has 1 unspecified atom stereocenters. The van der Waals surface area contributed by atoms with Crippen LogP contribution < -0.4 is 11.1 Å². The van der Waals surface area contributed by atoms with Crippen LogP contribution in [0.15, 0.2) is 0 Å². The molecule has 0 saturated carbocycles. The lowest BCUT2D eigenvalue weighted by atomic mass is 10.0. The van der Waals surface area contributed by atoms with E-state index in [1.54, 1.807) is 0 Å². The van der Waals surface area contributed by atoms with Gasteiger partial charge in [-0.25, -0.2) is 0 Å². The molecule has 1 amide bonds. The Bertz CT molecular complexity index is 226. The molecule has 3 N–H and O–H groups in total. The third-order valence-electron chi connectivity index (χ3n) is 3.46. The molecule has 1 heterocycles. The number of hydrogen-bond acceptors (Lipinski definition) is 4. The van der Waals surface area contributed by atoms with Crippen LogP contribution in [0.1, 0.15) is 26.2 Å². The molecule has 1 aliphatic heterocycles. The Morgan fingerprint density at radius 2 is 2.17 bits per heavy atom. The molecule has 5 nitrogen and oxygen atoms in total. The summed E-state index contributed by atoms with van der Waals surface area (Å²) in [5, 5.41) is 2.97. The zero-order valence-corrected chi connectivity index (χ0v) is 11.5. The average molecular weight is 257 g/mol. The Hall–Kier alpha value is -0.650. The Morgan fingerprint density at radius 1 is 1.44 bits per heavy atom. The molecule has 1 saturated heterocycles. The van der Waals surface area contributed by atoms with Gasteiger partial charge in [0.1, 0.15) is 0 Å². The van der Waals surface area contributed by atoms with E-state index in [1.807, 2.05) is 0 Å². The summed E-state index contributed by atoms with van der Waals surface area (Å²) in [6, 6.07) is 0. The third kappa shape index (κ3) is 6.33. The maximum Gasteiger partial charge on any atom is 0.220 e. The van der Waals surface area contributed by atoms with Gasteiger partial charge in [0.25, 0.3) is 0 Å². The number of carbonyl (C=O) groups excluding carboxylic acids is 1. The highest BCUT2D eigenvalue weighted by Crippen LogP contribution is 2.05. The van der Waals surface area contributed by atoms with Crippen LogP contribution in [-0.2, 0) is 9.53 Å². The van der Waals surface area contributed by atoms with Crippen molar-refractivity contribution >= 4 is 5.91 Å². The molecule has 1 fully saturated rings. The van der Waals surface area contributed by atoms with Crippen LogP contribution in [0.2, 0.25) is 0 Å². The zero-order valence-electron chi connectivity index (χ0n) is 11.5. The van der Waals surface area contributed by atoms with Gasteiger partial charge in [-0.3, -0.25) is 9.69 Å². The van der Waals surface area contributed by atoms with Gasteiger partial charge in [0.05, 0.1) is 13.2 Å². The number of nitrogens with zero attached hydrogens (tertiary/aromatic N) is 1. The Morgan fingerprint density at radius 3 is 2.78 bits per heavy atom. The number of amides is 1. The fourth-order valence-electron chi connectivity index (χ4n) is 2.08. The summed E-state index contributed by atoms with van der Waals surface area (Å²) in [5.74, 6) is 0.457. The summed E-state index contributed by atoms with van der Waals surface area (Å²) in [6.45, 7) is 8.16. The van der Waals surface area contributed by atoms with Crippen molar-refractivity contribution in [2.45, 2.75) is 26.2 Å². The number of rotatable bonds is 8. The predicted molar refractivity (Wildman–Crippen MR) is 72.3 cm³/mol. The monoisotopic (exact) mass is 257 g/mol. The molecule has 106 valence electrons. The highest BCUT2D eigenvalue weighted by Gasteiger charge is 2.11. The minimum atomic E-state index is 0.134. The zero-order chi connectivity index (χ0) is 13.2. The standard InChI is InChI=1S/C13H27N3O2/c1-2-12(11-14)10-13(17)15-4-3-5-16-6-8-18-9-7-16/h12H,2-11,14H2,1H3,(H,15,17). The normalized spacial score (nSPS) is 18.6. The molecule has 1 rings (SSSR count). The highest BCUT2D eigenvalue weighted by atomic mass is 16.5. The first kappa shape index (κ1) is 15.4. The van der Waals surface area contributed by atoms with Crippen LogP contribution in [-0.4, -0.2) is 56.7 Å². The van der Waals surface area contributed by atoms with E-state index >= 15 is 0 Å². The molecular weight excluding hydrogens is 230 g/mol. The van der Waals surface area contributed by atoms with Crippen molar-refractivity contribution in [3.63, 3.8) is 0 Å². The molecule has 0 spiro atoms. The SMILES string of the molecule is CCC(CN)CC(=O)NCCCN1CCOCC1. The maximum atomic E-state index is 11.6. The van der Waals surface area contributed by atoms with Crippen LogP contribution in [0.4, 0.5) is 0 Å². The molecule has 0 bridgehead atoms. The Balaban J connectivity index is 2.01. The summed E-state index contributed by atoms with van der Waals surface area (Å²) in [6.07, 6.45) is 2.54. The maximum absolute atomic E-state index is 11.6. The molecule has 1 aliphatic rings. The molecule has 0 radical (unpaired) electrons. The Kier molecular flexibility index (Phi) is 7.96. The molecule has 18 heavy (non-hydrogen) atoms. The van der Waals surface area contributed by atoms with Gasteiger partial charge in [0.15, 0.2) is 0 Å². The molecule has 0 aromatic heterocycles. The fraction of sp³-hybridized carbons (Fsp3) is 0.923. The van der Waals surface area contributed by atoms with E-state index in [1.165, 1.54) is 0 Å². The van der Waals surface area contributed by atoms with E-state index in [2.05, 4.69) is 17.1 Å². The van der Waals surface area contributed by atoms with Gasteiger partial charge in [0.2, 0.25) is 5.91 Å². The van der Waals surface area contributed by atoms with Gasteiger partial charge in [-0.15, -0.1) is 0 Å². The molecule has 0 aliphatic carbocycles. The summed E-state index contributed by atoms with van der Waals surface area (Å²) < 4.78 is 5.29. The molecular formula is C13H27N3O2. The molecule has 0 aromatic carbocycles. The lowest BCUT2D eigenvalue weighted by molar-refractivity contribution is -0.122. The van der Waals surface area contributed by atoms with Crippen molar-refractivity contribution in [1.29, 1.82) is 0 Å². The molecule has 5 heteroatoms. The minimum Gasteiger partial charge on any atom is -0.379 e. The van der Waals surface area contributed by atoms with Gasteiger partial charge in [-0.2, -0.15) is 0 Å². The number of morpholine rings is 1. The van der Waals surface area contributed by atoms with Gasteiger partial charge < -0.3 is 15.8 Å². The quantitative estimate of drug-likeness (QED) is 0.610. The van der Waals surface area contributed by atoms with Gasteiger partial charge in [0, 0.05) is 26.1 Å². The van der Waals surface area contributed by atoms with Crippen LogP contribution in [0.25, 0.3) is 0 Å². The van der Waals surface area contributed by atoms with E-state index in [-0.39, 0.29) is 5.91 Å². The van der Waals surface area contributed by atoms with E-state index < -0.39 is 0 Å². The van der Waals surface area contributed by atoms with Gasteiger partial charge in [-0.05, 0) is 25.4 Å². The molecule has 0 aromatic rings. The largest absolute Gasteiger partial charge is 0.379 e. The smallest absolute Gasteiger partial charge is 0.220 e. The van der Waals surface area contributed by atoms with E-state index in [0.717, 1.165) is 52.2 Å². The van der Waals surface area contributed by atoms with Crippen LogP contribution in [0, 0.1) is 5.92 Å². The number of nitrogens with two attached hydrogens (primary N) is 1. The number of nitrogens with one attached hydrogen (secondary N) is 1. The van der Waals surface area contributed by atoms with Crippen molar-refractivity contribution < 1.29 is 9.53 Å². The van der Waals surface area contributed by atoms with E-state index in [9.17, 15) is 4.79 Å². The van der Waals surface area contributed by atoms with Crippen molar-refractivity contribution in [2.24, 2.45) is 11.7 Å². The van der Waals surface area contributed by atoms with Crippen LogP contribution >= 0.6 is 0 Å². The first-order valence-electron chi connectivity index (χ1n) is 7.03. The van der Waals surface area contributed by atoms with Gasteiger partial charge >= 0.3 is 0 Å². The number of ether oxygens (including phenoxy) is 1. The lowest BCUT2D eigenvalue weighted by Gasteiger charge is -2.26. The second kappa shape index (κ2) is 9.30. The van der Waals surface area contributed by atoms with Crippen molar-refractivity contribution in [2.75, 3.05) is 45.9 Å². The molecule has 1 atom stereocenters. The summed E-state index contributed by atoms with van der Waals surface area (Å²) >= 11 is 0. The second-order valence-electron chi connectivity index (χ2n) is 4.87. The topological polar surface area (TPSA) is 67.6 Å². The summed E-state index contributed by atoms with van der Waals surface area (Å²) in [4.78, 5) is 14.0. The Labute approximate surface area is 110 Å². The minimum absolute atomic E-state index is 0.134. The third-order valence-corrected chi connectivity index (χ3v) is 3.46. The van der Waals surface area contributed by atoms with Crippen molar-refractivity contribution in [3.05, 3.63) is 0 Å². The number of carbonyl (C=O) groups is 1. The van der Waals surface area contributed by atoms with E-state index in [4.69, 9.17) is 10.5 Å². The lowest BCUT2D eigenvalue weighted by Crippen LogP contribution is -2.38. The van der Waals surface area contributed by atoms with Crippen LogP contribution in [0.5, 0.6) is 0 Å². The van der Waals surface area contributed by atoms with Crippen LogP contribution in [0.3, 0.4) is 0 Å².